The van der Waals surface area contributed by atoms with Gasteiger partial charge in [-0.15, -0.1) is 4.40 Å². The summed E-state index contributed by atoms with van der Waals surface area (Å²) < 4.78 is 34.6. The Bertz CT molecular complexity index is 1100. The van der Waals surface area contributed by atoms with Gasteiger partial charge in [0, 0.05) is 19.4 Å². The molecule has 1 aromatic carbocycles. The van der Waals surface area contributed by atoms with Crippen LogP contribution in [0, 0.1) is 0 Å². The fourth-order valence-corrected chi connectivity index (χ4v) is 4.53. The van der Waals surface area contributed by atoms with Crippen LogP contribution in [0.15, 0.2) is 55.0 Å². The van der Waals surface area contributed by atoms with Crippen LogP contribution >= 0.6 is 11.8 Å². The van der Waals surface area contributed by atoms with Gasteiger partial charge in [-0.2, -0.15) is 8.42 Å². The summed E-state index contributed by atoms with van der Waals surface area (Å²) in [6, 6.07) is 9.45. The number of rotatable bonds is 5. The predicted octanol–water partition coefficient (Wildman–Crippen LogP) is 2.75. The summed E-state index contributed by atoms with van der Waals surface area (Å²) in [4.78, 5) is 23.5. The molecular formula is C18H17N3O5S2. The second-order valence-electron chi connectivity index (χ2n) is 5.77. The molecule has 0 atom stereocenters. The second-order valence-corrected chi connectivity index (χ2v) is 8.37. The van der Waals surface area contributed by atoms with Crippen LogP contribution in [0.5, 0.6) is 0 Å². The van der Waals surface area contributed by atoms with Crippen LogP contribution in [-0.4, -0.2) is 25.4 Å². The zero-order valence-electron chi connectivity index (χ0n) is 15.1. The van der Waals surface area contributed by atoms with Crippen LogP contribution in [0.3, 0.4) is 0 Å². The van der Waals surface area contributed by atoms with Gasteiger partial charge in [0.2, 0.25) is 5.91 Å². The van der Waals surface area contributed by atoms with Gasteiger partial charge >= 0.3 is 0 Å². The zero-order valence-corrected chi connectivity index (χ0v) is 16.7. The molecule has 1 saturated heterocycles. The van der Waals surface area contributed by atoms with Crippen LogP contribution in [0.2, 0.25) is 0 Å². The molecule has 0 bridgehead atoms. The van der Waals surface area contributed by atoms with Crippen LogP contribution in [0.25, 0.3) is 6.08 Å². The summed E-state index contributed by atoms with van der Waals surface area (Å²) in [6.07, 6.45) is 2.25. The number of carbonyl (C=O) groups is 2. The minimum absolute atomic E-state index is 0.0730. The highest BCUT2D eigenvalue weighted by atomic mass is 32.2. The zero-order chi connectivity index (χ0) is 20.3. The molecular weight excluding hydrogens is 402 g/mol. The monoisotopic (exact) mass is 419 g/mol. The number of carbonyl (C=O) groups excluding carboxylic acids is 2. The van der Waals surface area contributed by atoms with E-state index in [0.29, 0.717) is 5.76 Å². The SMILES string of the molecule is CCc1ccc(/C=C2\SC(=NS(=O)(=O)c3ccccc3NC(C)=O)NC2=O)o1. The number of hydrogen-bond donors (Lipinski definition) is 2. The Hall–Kier alpha value is -2.85. The van der Waals surface area contributed by atoms with Crippen LogP contribution in [0.1, 0.15) is 25.4 Å². The van der Waals surface area contributed by atoms with E-state index in [0.717, 1.165) is 23.9 Å². The van der Waals surface area contributed by atoms with Gasteiger partial charge in [0.25, 0.3) is 15.9 Å². The molecule has 1 fully saturated rings. The molecule has 2 N–H and O–H groups in total. The highest BCUT2D eigenvalue weighted by Gasteiger charge is 2.28. The van der Waals surface area contributed by atoms with Crippen LogP contribution in [-0.2, 0) is 26.0 Å². The van der Waals surface area contributed by atoms with E-state index in [2.05, 4.69) is 15.0 Å². The van der Waals surface area contributed by atoms with Crippen molar-refractivity contribution in [1.29, 1.82) is 0 Å². The number of thioether (sulfide) groups is 1. The molecule has 2 heterocycles. The molecule has 1 aromatic heterocycles. The molecule has 0 aliphatic carbocycles. The molecule has 0 spiro atoms. The van der Waals surface area contributed by atoms with Crippen molar-refractivity contribution in [3.63, 3.8) is 0 Å². The maximum atomic E-state index is 12.7. The minimum atomic E-state index is -4.15. The van der Waals surface area contributed by atoms with E-state index in [-0.39, 0.29) is 20.7 Å². The van der Waals surface area contributed by atoms with Gasteiger partial charge in [0.1, 0.15) is 16.4 Å². The van der Waals surface area contributed by atoms with Gasteiger partial charge in [0.15, 0.2) is 5.17 Å². The van der Waals surface area contributed by atoms with E-state index in [4.69, 9.17) is 4.42 Å². The first-order chi connectivity index (χ1) is 13.3. The number of nitrogens with zero attached hydrogens (tertiary/aromatic N) is 1. The van der Waals surface area contributed by atoms with E-state index < -0.39 is 21.8 Å². The Morgan fingerprint density at radius 2 is 2.04 bits per heavy atom. The third-order valence-electron chi connectivity index (χ3n) is 3.63. The first-order valence-electron chi connectivity index (χ1n) is 8.29. The highest BCUT2D eigenvalue weighted by molar-refractivity contribution is 8.19. The number of furan rings is 1. The quantitative estimate of drug-likeness (QED) is 0.720. The maximum absolute atomic E-state index is 12.7. The summed E-state index contributed by atoms with van der Waals surface area (Å²) in [6.45, 7) is 3.22. The molecule has 146 valence electrons. The van der Waals surface area contributed by atoms with Crippen molar-refractivity contribution in [2.24, 2.45) is 4.40 Å². The third-order valence-corrected chi connectivity index (χ3v) is 5.99. The molecule has 28 heavy (non-hydrogen) atoms. The van der Waals surface area contributed by atoms with Crippen molar-refractivity contribution in [1.82, 2.24) is 5.32 Å². The van der Waals surface area contributed by atoms with Gasteiger partial charge in [0.05, 0.1) is 10.6 Å². The Morgan fingerprint density at radius 1 is 1.29 bits per heavy atom. The smallest absolute Gasteiger partial charge is 0.286 e. The number of anilines is 1. The van der Waals surface area contributed by atoms with Crippen molar-refractivity contribution < 1.29 is 22.4 Å². The first kappa shape index (κ1) is 19.9. The Kier molecular flexibility index (Phi) is 5.71. The van der Waals surface area contributed by atoms with Crippen molar-refractivity contribution in [3.8, 4) is 0 Å². The highest BCUT2D eigenvalue weighted by Crippen LogP contribution is 2.29. The molecule has 2 aromatic rings. The van der Waals surface area contributed by atoms with Gasteiger partial charge < -0.3 is 9.73 Å². The average Bonchev–Trinajstić information content (AvgIpc) is 3.21. The van der Waals surface area contributed by atoms with Crippen LogP contribution < -0.4 is 10.6 Å². The summed E-state index contributed by atoms with van der Waals surface area (Å²) in [7, 11) is -4.15. The largest absolute Gasteiger partial charge is 0.462 e. The lowest BCUT2D eigenvalue weighted by molar-refractivity contribution is -0.115. The number of benzene rings is 1. The molecule has 2 amide bonds. The van der Waals surface area contributed by atoms with E-state index in [9.17, 15) is 18.0 Å². The van der Waals surface area contributed by atoms with Crippen molar-refractivity contribution >= 4 is 50.5 Å². The maximum Gasteiger partial charge on any atom is 0.286 e. The fourth-order valence-electron chi connectivity index (χ4n) is 2.41. The topological polar surface area (TPSA) is 118 Å². The van der Waals surface area contributed by atoms with E-state index in [1.54, 1.807) is 12.1 Å². The third kappa shape index (κ3) is 4.52. The predicted molar refractivity (Wildman–Crippen MR) is 107 cm³/mol. The number of hydrogen-bond acceptors (Lipinski definition) is 6. The average molecular weight is 419 g/mol. The number of amidine groups is 1. The molecule has 0 unspecified atom stereocenters. The lowest BCUT2D eigenvalue weighted by Gasteiger charge is -2.07. The summed E-state index contributed by atoms with van der Waals surface area (Å²) in [5.74, 6) is 0.397. The Labute approximate surface area is 166 Å². The van der Waals surface area contributed by atoms with Crippen molar-refractivity contribution in [2.75, 3.05) is 5.32 Å². The standard InChI is InChI=1S/C18H17N3O5S2/c1-3-12-8-9-13(26-12)10-15-17(23)20-18(27-15)21-28(24,25)16-7-5-4-6-14(16)19-11(2)22/h4-10H,3H2,1-2H3,(H,19,22)(H,20,21,23)/b15-10-. The molecule has 8 nitrogen and oxygen atoms in total. The second kappa shape index (κ2) is 8.03. The number of aryl methyl sites for hydroxylation is 1. The van der Waals surface area contributed by atoms with Crippen LogP contribution in [0.4, 0.5) is 5.69 Å². The number of para-hydroxylation sites is 1. The summed E-state index contributed by atoms with van der Waals surface area (Å²) in [5.41, 5.74) is 0.118. The molecule has 10 heteroatoms. The number of sulfonamides is 1. The summed E-state index contributed by atoms with van der Waals surface area (Å²) in [5, 5.41) is 4.81. The number of amides is 2. The van der Waals surface area contributed by atoms with E-state index in [1.807, 2.05) is 13.0 Å². The molecule has 1 aliphatic rings. The molecule has 0 radical (unpaired) electrons. The van der Waals surface area contributed by atoms with Gasteiger partial charge in [-0.3, -0.25) is 14.9 Å². The fraction of sp³-hybridized carbons (Fsp3) is 0.167. The van der Waals surface area contributed by atoms with Crippen molar-refractivity contribution in [2.45, 2.75) is 25.2 Å². The number of nitrogens with one attached hydrogen (secondary N) is 2. The lowest BCUT2D eigenvalue weighted by atomic mass is 10.3. The molecule has 0 saturated carbocycles. The molecule has 3 rings (SSSR count). The van der Waals surface area contributed by atoms with Gasteiger partial charge in [-0.25, -0.2) is 0 Å². The summed E-state index contributed by atoms with van der Waals surface area (Å²) >= 11 is 0.896. The van der Waals surface area contributed by atoms with E-state index >= 15 is 0 Å². The molecule has 1 aliphatic heterocycles. The normalized spacial score (nSPS) is 17.1. The Balaban J connectivity index is 1.88. The van der Waals surface area contributed by atoms with Gasteiger partial charge in [-0.1, -0.05) is 19.1 Å². The van der Waals surface area contributed by atoms with Gasteiger partial charge in [-0.05, 0) is 36.0 Å². The first-order valence-corrected chi connectivity index (χ1v) is 10.6. The lowest BCUT2D eigenvalue weighted by Crippen LogP contribution is -2.21. The Morgan fingerprint density at radius 3 is 2.71 bits per heavy atom. The van der Waals surface area contributed by atoms with E-state index in [1.165, 1.54) is 31.2 Å². The van der Waals surface area contributed by atoms with Crippen molar-refractivity contribution in [3.05, 3.63) is 52.8 Å². The minimum Gasteiger partial charge on any atom is -0.462 e.